The molecule has 0 radical (unpaired) electrons. The van der Waals surface area contributed by atoms with Crippen molar-refractivity contribution in [2.24, 2.45) is 5.92 Å². The van der Waals surface area contributed by atoms with Gasteiger partial charge in [0.25, 0.3) is 0 Å². The lowest BCUT2D eigenvalue weighted by atomic mass is 9.84. The topological polar surface area (TPSA) is 49.7 Å². The maximum Gasteiger partial charge on any atom is 0.0914 e. The van der Waals surface area contributed by atoms with E-state index in [1.165, 1.54) is 5.57 Å². The summed E-state index contributed by atoms with van der Waals surface area (Å²) in [5.41, 5.74) is 0.647. The van der Waals surface area contributed by atoms with Crippen molar-refractivity contribution in [2.75, 3.05) is 0 Å². The van der Waals surface area contributed by atoms with E-state index in [1.807, 2.05) is 26.0 Å². The van der Waals surface area contributed by atoms with Crippen molar-refractivity contribution >= 4 is 0 Å². The van der Waals surface area contributed by atoms with E-state index in [0.29, 0.717) is 18.8 Å². The number of fused-ring (bicyclic) bond motifs is 2. The van der Waals surface area contributed by atoms with Gasteiger partial charge < -0.3 is 14.9 Å². The molecule has 1 fully saturated rings. The van der Waals surface area contributed by atoms with E-state index in [4.69, 9.17) is 4.74 Å². The van der Waals surface area contributed by atoms with Gasteiger partial charge in [-0.25, -0.2) is 0 Å². The molecule has 3 nitrogen and oxygen atoms in total. The van der Waals surface area contributed by atoms with E-state index in [2.05, 4.69) is 26.5 Å². The summed E-state index contributed by atoms with van der Waals surface area (Å²) in [6.07, 6.45) is 9.47. The van der Waals surface area contributed by atoms with Gasteiger partial charge in [0.2, 0.25) is 0 Å². The maximum atomic E-state index is 10.8. The molecular weight excluding hydrogens is 288 g/mol. The van der Waals surface area contributed by atoms with Gasteiger partial charge in [-0.05, 0) is 59.8 Å². The molecule has 2 aliphatic rings. The third kappa shape index (κ3) is 4.79. The second-order valence-corrected chi connectivity index (χ2v) is 7.97. The van der Waals surface area contributed by atoms with Crippen LogP contribution in [0.2, 0.25) is 0 Å². The average Bonchev–Trinajstić information content (AvgIpc) is 2.81. The van der Waals surface area contributed by atoms with Gasteiger partial charge in [-0.1, -0.05) is 36.0 Å². The molecular formula is C20H32O3. The molecule has 0 aliphatic carbocycles. The molecule has 0 amide bonds. The Hall–Kier alpha value is -0.900. The van der Waals surface area contributed by atoms with Crippen LogP contribution in [0.1, 0.15) is 59.8 Å². The second kappa shape index (κ2) is 6.92. The van der Waals surface area contributed by atoms with Gasteiger partial charge in [0.15, 0.2) is 0 Å². The summed E-state index contributed by atoms with van der Waals surface area (Å²) in [6.45, 7) is 11.9. The van der Waals surface area contributed by atoms with Crippen LogP contribution >= 0.6 is 0 Å². The van der Waals surface area contributed by atoms with Gasteiger partial charge in [-0.2, -0.15) is 0 Å². The number of ether oxygens (including phenoxy) is 1. The Morgan fingerprint density at radius 2 is 2.04 bits per heavy atom. The minimum Gasteiger partial charge on any atom is -0.387 e. The molecule has 0 aromatic carbocycles. The fraction of sp³-hybridized carbons (Fsp3) is 0.700. The zero-order valence-corrected chi connectivity index (χ0v) is 15.0. The van der Waals surface area contributed by atoms with Crippen LogP contribution in [0.25, 0.3) is 0 Å². The number of rotatable bonds is 1. The van der Waals surface area contributed by atoms with Crippen molar-refractivity contribution in [3.63, 3.8) is 0 Å². The molecule has 2 bridgehead atoms. The molecule has 0 unspecified atom stereocenters. The fourth-order valence-electron chi connectivity index (χ4n) is 3.63. The van der Waals surface area contributed by atoms with Crippen LogP contribution in [0.5, 0.6) is 0 Å². The van der Waals surface area contributed by atoms with Gasteiger partial charge in [0.05, 0.1) is 23.4 Å². The van der Waals surface area contributed by atoms with E-state index < -0.39 is 11.2 Å². The zero-order chi connectivity index (χ0) is 17.3. The monoisotopic (exact) mass is 320 g/mol. The first-order valence-corrected chi connectivity index (χ1v) is 8.70. The first-order valence-electron chi connectivity index (χ1n) is 8.70. The van der Waals surface area contributed by atoms with Crippen molar-refractivity contribution in [1.82, 2.24) is 0 Å². The number of aliphatic hydroxyl groups is 2. The SMILES string of the molecule is C=C(C)[C@H]1C[C@H]2O[C@H]1C/C(C)=C/CC[C@](C)(O)/C=C/C[C@]2(C)O. The van der Waals surface area contributed by atoms with Crippen LogP contribution in [-0.2, 0) is 4.74 Å². The van der Waals surface area contributed by atoms with E-state index in [1.54, 1.807) is 0 Å². The molecule has 2 rings (SSSR count). The standard InChI is InChI=1S/C20H32O3/c1-14(2)16-13-18-20(5,22)11-7-10-19(4,21)9-6-8-15(3)12-17(16)23-18/h7-8,10,16-18,21-22H,1,6,9,11-13H2,2-5H3/b10-7+,15-8+/t16-,17+,18-,19+,20+/m1/s1. The lowest BCUT2D eigenvalue weighted by Crippen LogP contribution is -2.39. The molecule has 130 valence electrons. The van der Waals surface area contributed by atoms with Crippen molar-refractivity contribution in [3.05, 3.63) is 36.0 Å². The van der Waals surface area contributed by atoms with E-state index in [9.17, 15) is 10.2 Å². The van der Waals surface area contributed by atoms with Gasteiger partial charge in [-0.15, -0.1) is 0 Å². The first-order chi connectivity index (χ1) is 10.6. The Labute approximate surface area is 140 Å². The Balaban J connectivity index is 2.27. The summed E-state index contributed by atoms with van der Waals surface area (Å²) in [7, 11) is 0. The summed E-state index contributed by atoms with van der Waals surface area (Å²) in [4.78, 5) is 0. The molecule has 3 heteroatoms. The van der Waals surface area contributed by atoms with Gasteiger partial charge in [0, 0.05) is 5.92 Å². The molecule has 2 aliphatic heterocycles. The molecule has 1 saturated heterocycles. The maximum absolute atomic E-state index is 10.8. The highest BCUT2D eigenvalue weighted by molar-refractivity contribution is 5.13. The highest BCUT2D eigenvalue weighted by Gasteiger charge is 2.43. The van der Waals surface area contributed by atoms with Crippen LogP contribution < -0.4 is 0 Å². The van der Waals surface area contributed by atoms with Gasteiger partial charge in [0.1, 0.15) is 0 Å². The van der Waals surface area contributed by atoms with Crippen LogP contribution in [-0.4, -0.2) is 33.6 Å². The van der Waals surface area contributed by atoms with Crippen LogP contribution in [0.3, 0.4) is 0 Å². The summed E-state index contributed by atoms with van der Waals surface area (Å²) in [5.74, 6) is 0.296. The Kier molecular flexibility index (Phi) is 5.55. The molecule has 0 aromatic rings. The van der Waals surface area contributed by atoms with Crippen LogP contribution in [0, 0.1) is 5.92 Å². The molecule has 2 N–H and O–H groups in total. The summed E-state index contributed by atoms with van der Waals surface area (Å²) in [6, 6.07) is 0. The summed E-state index contributed by atoms with van der Waals surface area (Å²) in [5, 5.41) is 21.2. The van der Waals surface area contributed by atoms with E-state index in [-0.39, 0.29) is 12.2 Å². The van der Waals surface area contributed by atoms with Crippen molar-refractivity contribution in [1.29, 1.82) is 0 Å². The minimum absolute atomic E-state index is 0.0884. The summed E-state index contributed by atoms with van der Waals surface area (Å²) < 4.78 is 6.24. The third-order valence-electron chi connectivity index (χ3n) is 5.26. The highest BCUT2D eigenvalue weighted by Crippen LogP contribution is 2.40. The predicted octanol–water partition coefficient (Wildman–Crippen LogP) is 3.91. The van der Waals surface area contributed by atoms with Crippen molar-refractivity contribution < 1.29 is 14.9 Å². The largest absolute Gasteiger partial charge is 0.387 e. The lowest BCUT2D eigenvalue weighted by molar-refractivity contribution is -0.0918. The van der Waals surface area contributed by atoms with Gasteiger partial charge >= 0.3 is 0 Å². The molecule has 23 heavy (non-hydrogen) atoms. The Bertz CT molecular complexity index is 499. The molecule has 2 heterocycles. The predicted molar refractivity (Wildman–Crippen MR) is 94.2 cm³/mol. The normalized spacial score (nSPS) is 46.0. The Morgan fingerprint density at radius 3 is 2.70 bits per heavy atom. The van der Waals surface area contributed by atoms with Crippen LogP contribution in [0.4, 0.5) is 0 Å². The van der Waals surface area contributed by atoms with E-state index in [0.717, 1.165) is 24.8 Å². The number of hydrogen-bond acceptors (Lipinski definition) is 3. The second-order valence-electron chi connectivity index (χ2n) is 7.97. The molecule has 0 saturated carbocycles. The lowest BCUT2D eigenvalue weighted by Gasteiger charge is -2.29. The Morgan fingerprint density at radius 1 is 1.35 bits per heavy atom. The third-order valence-corrected chi connectivity index (χ3v) is 5.26. The number of allylic oxidation sites excluding steroid dienone is 1. The average molecular weight is 320 g/mol. The summed E-state index contributed by atoms with van der Waals surface area (Å²) >= 11 is 0. The highest BCUT2D eigenvalue weighted by atomic mass is 16.5. The van der Waals surface area contributed by atoms with Crippen molar-refractivity contribution in [3.8, 4) is 0 Å². The molecule has 0 spiro atoms. The first kappa shape index (κ1) is 18.4. The smallest absolute Gasteiger partial charge is 0.0914 e. The fourth-order valence-corrected chi connectivity index (χ4v) is 3.63. The van der Waals surface area contributed by atoms with Crippen molar-refractivity contribution in [2.45, 2.75) is 83.2 Å². The quantitative estimate of drug-likeness (QED) is 0.720. The molecule has 0 aromatic heterocycles. The van der Waals surface area contributed by atoms with E-state index >= 15 is 0 Å². The zero-order valence-electron chi connectivity index (χ0n) is 15.0. The number of hydrogen-bond donors (Lipinski definition) is 2. The van der Waals surface area contributed by atoms with Gasteiger partial charge in [-0.3, -0.25) is 0 Å². The molecule has 5 atom stereocenters. The minimum atomic E-state index is -0.930. The van der Waals surface area contributed by atoms with Crippen LogP contribution in [0.15, 0.2) is 36.0 Å².